The molecule has 1 aliphatic rings. The highest BCUT2D eigenvalue weighted by atomic mass is 16.6. The Balaban J connectivity index is 1.83. The van der Waals surface area contributed by atoms with Gasteiger partial charge in [0.25, 0.3) is 5.91 Å². The highest BCUT2D eigenvalue weighted by Crippen LogP contribution is 2.23. The van der Waals surface area contributed by atoms with Gasteiger partial charge in [0, 0.05) is 25.7 Å². The second kappa shape index (κ2) is 11.8. The average molecular weight is 466 g/mol. The number of phenols is 1. The maximum atomic E-state index is 12.4. The molecule has 182 valence electrons. The van der Waals surface area contributed by atoms with E-state index in [4.69, 9.17) is 9.47 Å². The zero-order chi connectivity index (χ0) is 24.4. The van der Waals surface area contributed by atoms with Crippen molar-refractivity contribution in [3.05, 3.63) is 23.8 Å². The van der Waals surface area contributed by atoms with E-state index in [1.807, 2.05) is 0 Å². The van der Waals surface area contributed by atoms with Crippen LogP contribution < -0.4 is 26.0 Å². The van der Waals surface area contributed by atoms with E-state index in [2.05, 4.69) is 26.3 Å². The first kappa shape index (κ1) is 25.6. The topological polar surface area (TPSA) is 171 Å². The number of benzene rings is 1. The number of carbonyl (C=O) groups excluding carboxylic acids is 2. The molecule has 1 aromatic rings. The van der Waals surface area contributed by atoms with Crippen molar-refractivity contribution in [2.75, 3.05) is 32.8 Å². The van der Waals surface area contributed by atoms with Gasteiger partial charge in [-0.3, -0.25) is 9.79 Å². The first-order valence-corrected chi connectivity index (χ1v) is 10.5. The number of hydrogen-bond donors (Lipinski definition) is 6. The molecule has 12 heteroatoms. The fraction of sp³-hybridized carbons (Fsp3) is 0.524. The van der Waals surface area contributed by atoms with Crippen molar-refractivity contribution in [2.45, 2.75) is 38.8 Å². The summed E-state index contributed by atoms with van der Waals surface area (Å²) in [5.41, 5.74) is -0.870. The summed E-state index contributed by atoms with van der Waals surface area (Å²) in [4.78, 5) is 39.8. The number of carboxylic acid groups (broad SMARTS) is 1. The quantitative estimate of drug-likeness (QED) is 0.283. The Morgan fingerprint density at radius 1 is 1.27 bits per heavy atom. The number of carboxylic acids is 1. The standard InChI is InChI=1S/C21H31N5O7/c1-21(2,3)33-20(31)26-15(18(29)30)12-25-17(28)14-6-5-13(11-16(14)27)32-10-9-24-19-22-7-4-8-23-19/h5-6,11,15,27H,4,7-10,12H2,1-3H3,(H,25,28)(H,26,31)(H,29,30)(H2,22,23,24). The average Bonchev–Trinajstić information content (AvgIpc) is 2.73. The molecule has 6 N–H and O–H groups in total. The van der Waals surface area contributed by atoms with Gasteiger partial charge >= 0.3 is 12.1 Å². The zero-order valence-electron chi connectivity index (χ0n) is 18.9. The Morgan fingerprint density at radius 3 is 2.64 bits per heavy atom. The van der Waals surface area contributed by atoms with Crippen LogP contribution in [0, 0.1) is 0 Å². The minimum absolute atomic E-state index is 0.0670. The SMILES string of the molecule is CC(C)(C)OC(=O)NC(CNC(=O)c1ccc(OCCNC2=NCCCN2)cc1O)C(=O)O. The molecule has 1 atom stereocenters. The number of phenolic OH excluding ortho intramolecular Hbond substituents is 1. The lowest BCUT2D eigenvalue weighted by Crippen LogP contribution is -2.49. The summed E-state index contributed by atoms with van der Waals surface area (Å²) in [5, 5.41) is 30.2. The largest absolute Gasteiger partial charge is 0.507 e. The highest BCUT2D eigenvalue weighted by molar-refractivity contribution is 5.97. The molecule has 2 rings (SSSR count). The van der Waals surface area contributed by atoms with E-state index in [1.165, 1.54) is 18.2 Å². The number of hydrogen-bond acceptors (Lipinski definition) is 9. The lowest BCUT2D eigenvalue weighted by atomic mass is 10.1. The minimum Gasteiger partial charge on any atom is -0.507 e. The summed E-state index contributed by atoms with van der Waals surface area (Å²) in [6.07, 6.45) is 0.0762. The maximum Gasteiger partial charge on any atom is 0.408 e. The lowest BCUT2D eigenvalue weighted by Gasteiger charge is -2.22. The van der Waals surface area contributed by atoms with Crippen LogP contribution in [0.1, 0.15) is 37.6 Å². The molecule has 1 aliphatic heterocycles. The van der Waals surface area contributed by atoms with E-state index in [9.17, 15) is 24.6 Å². The molecule has 0 spiro atoms. The van der Waals surface area contributed by atoms with Crippen LogP contribution in [0.2, 0.25) is 0 Å². The molecule has 1 aromatic carbocycles. The third-order valence-electron chi connectivity index (χ3n) is 4.23. The lowest BCUT2D eigenvalue weighted by molar-refractivity contribution is -0.139. The van der Waals surface area contributed by atoms with Crippen LogP contribution in [-0.4, -0.2) is 78.6 Å². The third kappa shape index (κ3) is 9.13. The molecular formula is C21H31N5O7. The Kier molecular flexibility index (Phi) is 9.13. The van der Waals surface area contributed by atoms with Crippen LogP contribution in [-0.2, 0) is 9.53 Å². The van der Waals surface area contributed by atoms with Gasteiger partial charge in [-0.25, -0.2) is 9.59 Å². The molecule has 0 bridgehead atoms. The van der Waals surface area contributed by atoms with Crippen LogP contribution in [0.4, 0.5) is 4.79 Å². The summed E-state index contributed by atoms with van der Waals surface area (Å²) in [7, 11) is 0. The molecule has 33 heavy (non-hydrogen) atoms. The van der Waals surface area contributed by atoms with Gasteiger partial charge in [-0.05, 0) is 39.3 Å². The van der Waals surface area contributed by atoms with Gasteiger partial charge in [0.2, 0.25) is 0 Å². The number of ether oxygens (including phenoxy) is 2. The Morgan fingerprint density at radius 2 is 2.03 bits per heavy atom. The van der Waals surface area contributed by atoms with Crippen molar-refractivity contribution in [1.82, 2.24) is 21.3 Å². The fourth-order valence-electron chi connectivity index (χ4n) is 2.72. The van der Waals surface area contributed by atoms with Gasteiger partial charge < -0.3 is 41.0 Å². The number of carbonyl (C=O) groups is 3. The fourth-order valence-corrected chi connectivity index (χ4v) is 2.72. The second-order valence-corrected chi connectivity index (χ2v) is 8.21. The van der Waals surface area contributed by atoms with Gasteiger partial charge in [-0.15, -0.1) is 0 Å². The summed E-state index contributed by atoms with van der Waals surface area (Å²) < 4.78 is 10.6. The molecule has 0 aliphatic carbocycles. The van der Waals surface area contributed by atoms with E-state index in [0.717, 1.165) is 25.5 Å². The predicted molar refractivity (Wildman–Crippen MR) is 120 cm³/mol. The van der Waals surface area contributed by atoms with E-state index < -0.39 is 36.2 Å². The normalized spacial score (nSPS) is 14.2. The van der Waals surface area contributed by atoms with Crippen LogP contribution in [0.5, 0.6) is 11.5 Å². The van der Waals surface area contributed by atoms with Gasteiger partial charge in [-0.2, -0.15) is 0 Å². The molecule has 0 aromatic heterocycles. The van der Waals surface area contributed by atoms with E-state index in [1.54, 1.807) is 20.8 Å². The Labute approximate surface area is 191 Å². The number of rotatable bonds is 9. The van der Waals surface area contributed by atoms with E-state index >= 15 is 0 Å². The van der Waals surface area contributed by atoms with Gasteiger partial charge in [-0.1, -0.05) is 0 Å². The Bertz CT molecular complexity index is 882. The second-order valence-electron chi connectivity index (χ2n) is 8.21. The summed E-state index contributed by atoms with van der Waals surface area (Å²) in [6.45, 7) is 6.96. The molecule has 0 saturated carbocycles. The molecule has 1 heterocycles. The summed E-state index contributed by atoms with van der Waals surface area (Å²) in [5.74, 6) is -1.31. The highest BCUT2D eigenvalue weighted by Gasteiger charge is 2.25. The number of alkyl carbamates (subject to hydrolysis) is 1. The number of aromatic hydroxyl groups is 1. The summed E-state index contributed by atoms with van der Waals surface area (Å²) >= 11 is 0. The van der Waals surface area contributed by atoms with Gasteiger partial charge in [0.05, 0.1) is 12.1 Å². The molecule has 12 nitrogen and oxygen atoms in total. The van der Waals surface area contributed by atoms with Crippen molar-refractivity contribution < 1.29 is 34.1 Å². The smallest absolute Gasteiger partial charge is 0.408 e. The maximum absolute atomic E-state index is 12.4. The molecule has 2 amide bonds. The van der Waals surface area contributed by atoms with Crippen molar-refractivity contribution >= 4 is 23.9 Å². The molecule has 1 unspecified atom stereocenters. The number of nitrogens with zero attached hydrogens (tertiary/aromatic N) is 1. The first-order chi connectivity index (χ1) is 15.5. The van der Waals surface area contributed by atoms with E-state index in [-0.39, 0.29) is 11.3 Å². The number of guanidine groups is 1. The van der Waals surface area contributed by atoms with Crippen molar-refractivity contribution in [3.63, 3.8) is 0 Å². The van der Waals surface area contributed by atoms with Crippen molar-refractivity contribution in [2.24, 2.45) is 4.99 Å². The van der Waals surface area contributed by atoms with Gasteiger partial charge in [0.15, 0.2) is 5.96 Å². The zero-order valence-corrected chi connectivity index (χ0v) is 18.9. The van der Waals surface area contributed by atoms with Crippen LogP contribution in [0.3, 0.4) is 0 Å². The van der Waals surface area contributed by atoms with E-state index in [0.29, 0.717) is 18.9 Å². The monoisotopic (exact) mass is 465 g/mol. The first-order valence-electron chi connectivity index (χ1n) is 10.5. The minimum atomic E-state index is -1.41. The number of amides is 2. The molecule has 0 saturated heterocycles. The van der Waals surface area contributed by atoms with Crippen LogP contribution in [0.15, 0.2) is 23.2 Å². The molecule has 0 radical (unpaired) electrons. The van der Waals surface area contributed by atoms with Gasteiger partial charge in [0.1, 0.15) is 29.7 Å². The number of aliphatic carboxylic acids is 1. The van der Waals surface area contributed by atoms with Crippen LogP contribution in [0.25, 0.3) is 0 Å². The summed E-state index contributed by atoms with van der Waals surface area (Å²) in [6, 6.07) is 2.75. The Hall–Kier alpha value is -3.70. The van der Waals surface area contributed by atoms with Crippen molar-refractivity contribution in [3.8, 4) is 11.5 Å². The predicted octanol–water partition coefficient (Wildman–Crippen LogP) is 0.418. The number of aliphatic imine (C=N–C) groups is 1. The van der Waals surface area contributed by atoms with Crippen molar-refractivity contribution in [1.29, 1.82) is 0 Å². The third-order valence-corrected chi connectivity index (χ3v) is 4.23. The number of nitrogens with one attached hydrogen (secondary N) is 4. The molecule has 0 fully saturated rings. The molecular weight excluding hydrogens is 434 g/mol. The van der Waals surface area contributed by atoms with Crippen LogP contribution >= 0.6 is 0 Å².